The molecule has 5 nitrogen and oxygen atoms in total. The molecule has 1 aromatic heterocycles. The van der Waals surface area contributed by atoms with Gasteiger partial charge in [-0.3, -0.25) is 9.78 Å². The minimum absolute atomic E-state index is 0.138. The van der Waals surface area contributed by atoms with Crippen LogP contribution in [0, 0.1) is 12.7 Å². The highest BCUT2D eigenvalue weighted by molar-refractivity contribution is 6.06. The number of benzene rings is 1. The van der Waals surface area contributed by atoms with E-state index in [9.17, 15) is 9.18 Å². The van der Waals surface area contributed by atoms with Crippen molar-refractivity contribution in [3.05, 3.63) is 41.3 Å². The van der Waals surface area contributed by atoms with Gasteiger partial charge in [-0.2, -0.15) is 0 Å². The van der Waals surface area contributed by atoms with Gasteiger partial charge < -0.3 is 14.4 Å². The summed E-state index contributed by atoms with van der Waals surface area (Å²) in [5, 5.41) is 0.641. The van der Waals surface area contributed by atoms with Crippen LogP contribution >= 0.6 is 0 Å². The average Bonchev–Trinajstić information content (AvgIpc) is 2.53. The third kappa shape index (κ3) is 4.24. The maximum Gasteiger partial charge on any atom is 0.254 e. The standard InChI is InChI=1S/C17H21FN2O3/c1-12-10-15(14-5-4-13(18)11-16(14)19-12)17(21)20(6-8-22-2)7-9-23-3/h4-5,10-11H,6-9H2,1-3H3. The highest BCUT2D eigenvalue weighted by Crippen LogP contribution is 2.21. The molecule has 2 rings (SSSR count). The third-order valence-corrected chi connectivity index (χ3v) is 3.55. The minimum Gasteiger partial charge on any atom is -0.383 e. The lowest BCUT2D eigenvalue weighted by Gasteiger charge is -2.23. The number of aromatic nitrogens is 1. The maximum atomic E-state index is 13.4. The number of nitrogens with zero attached hydrogens (tertiary/aromatic N) is 2. The Balaban J connectivity index is 2.40. The van der Waals surface area contributed by atoms with Crippen LogP contribution in [0.1, 0.15) is 16.1 Å². The first-order valence-corrected chi connectivity index (χ1v) is 7.41. The van der Waals surface area contributed by atoms with E-state index >= 15 is 0 Å². The normalized spacial score (nSPS) is 11.0. The van der Waals surface area contributed by atoms with E-state index in [1.807, 2.05) is 0 Å². The fourth-order valence-corrected chi connectivity index (χ4v) is 2.40. The molecule has 0 spiro atoms. The van der Waals surface area contributed by atoms with Gasteiger partial charge in [0.05, 0.1) is 24.3 Å². The van der Waals surface area contributed by atoms with Gasteiger partial charge in [-0.05, 0) is 25.1 Å². The average molecular weight is 320 g/mol. The van der Waals surface area contributed by atoms with E-state index in [2.05, 4.69) is 4.98 Å². The van der Waals surface area contributed by atoms with E-state index in [1.54, 1.807) is 38.2 Å². The molecule has 0 unspecified atom stereocenters. The van der Waals surface area contributed by atoms with Crippen LogP contribution in [0.5, 0.6) is 0 Å². The predicted octanol–water partition coefficient (Wildman–Crippen LogP) is 2.42. The van der Waals surface area contributed by atoms with Crippen molar-refractivity contribution in [2.75, 3.05) is 40.5 Å². The molecule has 0 aliphatic heterocycles. The summed E-state index contributed by atoms with van der Waals surface area (Å²) in [7, 11) is 3.18. The molecule has 0 fully saturated rings. The van der Waals surface area contributed by atoms with Gasteiger partial charge in [-0.15, -0.1) is 0 Å². The number of amides is 1. The first-order chi connectivity index (χ1) is 11.1. The molecule has 6 heteroatoms. The smallest absolute Gasteiger partial charge is 0.254 e. The van der Waals surface area contributed by atoms with Gasteiger partial charge in [0.2, 0.25) is 0 Å². The molecule has 0 saturated carbocycles. The number of carbonyl (C=O) groups excluding carboxylic acids is 1. The van der Waals surface area contributed by atoms with Crippen molar-refractivity contribution in [2.45, 2.75) is 6.92 Å². The molecule has 0 aliphatic carbocycles. The van der Waals surface area contributed by atoms with Crippen molar-refractivity contribution >= 4 is 16.8 Å². The summed E-state index contributed by atoms with van der Waals surface area (Å²) in [4.78, 5) is 18.9. The zero-order chi connectivity index (χ0) is 16.8. The van der Waals surface area contributed by atoms with E-state index in [1.165, 1.54) is 12.1 Å². The lowest BCUT2D eigenvalue weighted by Crippen LogP contribution is -2.36. The van der Waals surface area contributed by atoms with Gasteiger partial charge in [-0.25, -0.2) is 4.39 Å². The summed E-state index contributed by atoms with van der Waals surface area (Å²) in [5.74, 6) is -0.508. The summed E-state index contributed by atoms with van der Waals surface area (Å²) in [6.07, 6.45) is 0. The second-order valence-electron chi connectivity index (χ2n) is 5.25. The number of hydrogen-bond acceptors (Lipinski definition) is 4. The number of rotatable bonds is 7. The maximum absolute atomic E-state index is 13.4. The zero-order valence-corrected chi connectivity index (χ0v) is 13.6. The molecule has 0 atom stereocenters. The number of carbonyl (C=O) groups is 1. The molecule has 0 aliphatic rings. The SMILES string of the molecule is COCCN(CCOC)C(=O)c1cc(C)nc2cc(F)ccc12. The van der Waals surface area contributed by atoms with E-state index in [-0.39, 0.29) is 11.7 Å². The van der Waals surface area contributed by atoms with Crippen LogP contribution in [-0.4, -0.2) is 56.3 Å². The number of fused-ring (bicyclic) bond motifs is 1. The second kappa shape index (κ2) is 7.99. The molecule has 0 bridgehead atoms. The topological polar surface area (TPSA) is 51.7 Å². The Morgan fingerprint density at radius 3 is 2.43 bits per heavy atom. The lowest BCUT2D eigenvalue weighted by atomic mass is 10.1. The van der Waals surface area contributed by atoms with Crippen LogP contribution in [0.2, 0.25) is 0 Å². The van der Waals surface area contributed by atoms with Gasteiger partial charge in [0, 0.05) is 44.5 Å². The van der Waals surface area contributed by atoms with E-state index in [0.29, 0.717) is 48.5 Å². The molecule has 0 saturated heterocycles. The molecule has 124 valence electrons. The number of hydrogen-bond donors (Lipinski definition) is 0. The van der Waals surface area contributed by atoms with Crippen LogP contribution in [0.3, 0.4) is 0 Å². The zero-order valence-electron chi connectivity index (χ0n) is 13.6. The van der Waals surface area contributed by atoms with Crippen LogP contribution in [0.4, 0.5) is 4.39 Å². The Morgan fingerprint density at radius 1 is 1.17 bits per heavy atom. The highest BCUT2D eigenvalue weighted by atomic mass is 19.1. The molecule has 0 N–H and O–H groups in total. The number of halogens is 1. The number of methoxy groups -OCH3 is 2. The summed E-state index contributed by atoms with van der Waals surface area (Å²) < 4.78 is 23.6. The fourth-order valence-electron chi connectivity index (χ4n) is 2.40. The lowest BCUT2D eigenvalue weighted by molar-refractivity contribution is 0.0629. The third-order valence-electron chi connectivity index (χ3n) is 3.55. The van der Waals surface area contributed by atoms with Gasteiger partial charge in [0.25, 0.3) is 5.91 Å². The monoisotopic (exact) mass is 320 g/mol. The predicted molar refractivity (Wildman–Crippen MR) is 86.1 cm³/mol. The quantitative estimate of drug-likeness (QED) is 0.786. The Hall–Kier alpha value is -2.05. The second-order valence-corrected chi connectivity index (χ2v) is 5.25. The number of pyridine rings is 1. The van der Waals surface area contributed by atoms with Crippen molar-refractivity contribution in [3.8, 4) is 0 Å². The van der Waals surface area contributed by atoms with Gasteiger partial charge >= 0.3 is 0 Å². The molecule has 1 heterocycles. The number of ether oxygens (including phenoxy) is 2. The first kappa shape index (κ1) is 17.3. The van der Waals surface area contributed by atoms with Crippen molar-refractivity contribution in [1.82, 2.24) is 9.88 Å². The number of aryl methyl sites for hydroxylation is 1. The molecule has 1 amide bonds. The Bertz CT molecular complexity index is 678. The van der Waals surface area contributed by atoms with Crippen LogP contribution in [0.15, 0.2) is 24.3 Å². The largest absolute Gasteiger partial charge is 0.383 e. The Kier molecular flexibility index (Phi) is 6.01. The minimum atomic E-state index is -0.371. The van der Waals surface area contributed by atoms with Crippen LogP contribution in [0.25, 0.3) is 10.9 Å². The Labute approximate surface area is 135 Å². The molecule has 1 aromatic carbocycles. The highest BCUT2D eigenvalue weighted by Gasteiger charge is 2.19. The van der Waals surface area contributed by atoms with Gasteiger partial charge in [0.15, 0.2) is 0 Å². The first-order valence-electron chi connectivity index (χ1n) is 7.41. The van der Waals surface area contributed by atoms with Crippen molar-refractivity contribution in [2.24, 2.45) is 0 Å². The molecule has 23 heavy (non-hydrogen) atoms. The summed E-state index contributed by atoms with van der Waals surface area (Å²) >= 11 is 0. The molecule has 2 aromatic rings. The van der Waals surface area contributed by atoms with Gasteiger partial charge in [-0.1, -0.05) is 0 Å². The fraction of sp³-hybridized carbons (Fsp3) is 0.412. The van der Waals surface area contributed by atoms with E-state index in [4.69, 9.17) is 9.47 Å². The molecular weight excluding hydrogens is 299 g/mol. The van der Waals surface area contributed by atoms with Crippen LogP contribution < -0.4 is 0 Å². The molecule has 0 radical (unpaired) electrons. The Morgan fingerprint density at radius 2 is 1.83 bits per heavy atom. The van der Waals surface area contributed by atoms with Crippen molar-refractivity contribution in [1.29, 1.82) is 0 Å². The van der Waals surface area contributed by atoms with Gasteiger partial charge in [0.1, 0.15) is 5.82 Å². The molecular formula is C17H21FN2O3. The van der Waals surface area contributed by atoms with E-state index in [0.717, 1.165) is 0 Å². The summed E-state index contributed by atoms with van der Waals surface area (Å²) in [6.45, 7) is 3.58. The van der Waals surface area contributed by atoms with E-state index < -0.39 is 0 Å². The van der Waals surface area contributed by atoms with Crippen molar-refractivity contribution < 1.29 is 18.7 Å². The summed E-state index contributed by atoms with van der Waals surface area (Å²) in [6, 6.07) is 6.00. The van der Waals surface area contributed by atoms with Crippen molar-refractivity contribution in [3.63, 3.8) is 0 Å². The van der Waals surface area contributed by atoms with Crippen LogP contribution in [-0.2, 0) is 9.47 Å². The summed E-state index contributed by atoms with van der Waals surface area (Å²) in [5.41, 5.74) is 1.66.